The first-order chi connectivity index (χ1) is 5.72. The first-order valence-corrected chi connectivity index (χ1v) is 4.86. The third-order valence-corrected chi connectivity index (χ3v) is 2.56. The number of piperidine rings is 1. The molecule has 70 valence electrons. The number of hydrogen-bond acceptors (Lipinski definition) is 2. The van der Waals surface area contributed by atoms with E-state index < -0.39 is 0 Å². The minimum absolute atomic E-state index is 0.727. The molecule has 0 unspecified atom stereocenters. The molecular weight excluding hydrogens is 172 g/mol. The van der Waals surface area contributed by atoms with E-state index in [0.29, 0.717) is 0 Å². The Labute approximate surface area is 79.4 Å². The Morgan fingerprint density at radius 2 is 2.08 bits per heavy atom. The van der Waals surface area contributed by atoms with Gasteiger partial charge in [-0.2, -0.15) is 0 Å². The van der Waals surface area contributed by atoms with Crippen LogP contribution in [0.5, 0.6) is 0 Å². The summed E-state index contributed by atoms with van der Waals surface area (Å²) in [5.41, 5.74) is 5.59. The van der Waals surface area contributed by atoms with Gasteiger partial charge in [0.15, 0.2) is 0 Å². The molecule has 0 aromatic heterocycles. The van der Waals surface area contributed by atoms with Crippen molar-refractivity contribution >= 4 is 11.6 Å². The van der Waals surface area contributed by atoms with Gasteiger partial charge in [0.25, 0.3) is 0 Å². The fourth-order valence-electron chi connectivity index (χ4n) is 1.62. The molecule has 12 heavy (non-hydrogen) atoms. The first-order valence-electron chi connectivity index (χ1n) is 4.48. The summed E-state index contributed by atoms with van der Waals surface area (Å²) in [7, 11) is 0. The maximum absolute atomic E-state index is 5.72. The maximum atomic E-state index is 5.72. The van der Waals surface area contributed by atoms with Crippen molar-refractivity contribution in [1.29, 1.82) is 0 Å². The number of nitrogens with two attached hydrogens (primary N) is 1. The number of nitrogens with zero attached hydrogens (tertiary/aromatic N) is 1. The van der Waals surface area contributed by atoms with Crippen LogP contribution >= 0.6 is 11.6 Å². The minimum Gasteiger partial charge on any atom is -0.330 e. The highest BCUT2D eigenvalue weighted by Gasteiger charge is 2.17. The third kappa shape index (κ3) is 3.13. The van der Waals surface area contributed by atoms with E-state index in [0.717, 1.165) is 37.1 Å². The van der Waals surface area contributed by atoms with Gasteiger partial charge in [-0.1, -0.05) is 18.2 Å². The first kappa shape index (κ1) is 10.0. The summed E-state index contributed by atoms with van der Waals surface area (Å²) in [6, 6.07) is 0. The third-order valence-electron chi connectivity index (χ3n) is 2.44. The summed E-state index contributed by atoms with van der Waals surface area (Å²) < 4.78 is 0. The lowest BCUT2D eigenvalue weighted by atomic mass is 9.97. The average molecular weight is 189 g/mol. The van der Waals surface area contributed by atoms with E-state index in [4.69, 9.17) is 17.3 Å². The Morgan fingerprint density at radius 1 is 1.50 bits per heavy atom. The van der Waals surface area contributed by atoms with Crippen LogP contribution in [0.2, 0.25) is 0 Å². The molecule has 1 saturated heterocycles. The SMILES string of the molecule is C=C(Cl)CN1CCC(CN)CC1. The molecule has 1 heterocycles. The van der Waals surface area contributed by atoms with Gasteiger partial charge in [0.1, 0.15) is 0 Å². The van der Waals surface area contributed by atoms with Crippen molar-refractivity contribution in [3.05, 3.63) is 11.6 Å². The van der Waals surface area contributed by atoms with Crippen LogP contribution in [0.4, 0.5) is 0 Å². The second-order valence-corrected chi connectivity index (χ2v) is 4.01. The van der Waals surface area contributed by atoms with Crippen molar-refractivity contribution in [1.82, 2.24) is 4.90 Å². The van der Waals surface area contributed by atoms with Crippen molar-refractivity contribution in [3.8, 4) is 0 Å². The second-order valence-electron chi connectivity index (χ2n) is 3.47. The average Bonchev–Trinajstić information content (AvgIpc) is 2.05. The van der Waals surface area contributed by atoms with Crippen LogP contribution in [0.3, 0.4) is 0 Å². The van der Waals surface area contributed by atoms with E-state index in [-0.39, 0.29) is 0 Å². The molecule has 0 aliphatic carbocycles. The van der Waals surface area contributed by atoms with Gasteiger partial charge < -0.3 is 5.73 Å². The number of hydrogen-bond donors (Lipinski definition) is 1. The van der Waals surface area contributed by atoms with Crippen LogP contribution < -0.4 is 5.73 Å². The smallest absolute Gasteiger partial charge is 0.0335 e. The van der Waals surface area contributed by atoms with Crippen LogP contribution in [-0.2, 0) is 0 Å². The van der Waals surface area contributed by atoms with Crippen LogP contribution in [0.1, 0.15) is 12.8 Å². The van der Waals surface area contributed by atoms with Crippen LogP contribution in [0.25, 0.3) is 0 Å². The second kappa shape index (κ2) is 4.85. The fourth-order valence-corrected chi connectivity index (χ4v) is 1.79. The van der Waals surface area contributed by atoms with Gasteiger partial charge in [0, 0.05) is 11.6 Å². The topological polar surface area (TPSA) is 29.3 Å². The van der Waals surface area contributed by atoms with E-state index in [1.54, 1.807) is 0 Å². The van der Waals surface area contributed by atoms with Gasteiger partial charge in [0.2, 0.25) is 0 Å². The quantitative estimate of drug-likeness (QED) is 0.726. The van der Waals surface area contributed by atoms with Gasteiger partial charge in [-0.15, -0.1) is 0 Å². The van der Waals surface area contributed by atoms with E-state index in [1.807, 2.05) is 0 Å². The Hall–Kier alpha value is -0.0500. The van der Waals surface area contributed by atoms with Crippen molar-refractivity contribution in [2.45, 2.75) is 12.8 Å². The Bertz CT molecular complexity index is 151. The molecule has 0 aromatic carbocycles. The van der Waals surface area contributed by atoms with E-state index in [1.165, 1.54) is 12.8 Å². The summed E-state index contributed by atoms with van der Waals surface area (Å²) in [5, 5.41) is 0.737. The zero-order valence-electron chi connectivity index (χ0n) is 7.43. The molecule has 1 aliphatic heterocycles. The molecule has 2 nitrogen and oxygen atoms in total. The minimum atomic E-state index is 0.727. The monoisotopic (exact) mass is 188 g/mol. The molecule has 1 rings (SSSR count). The normalized spacial score (nSPS) is 21.2. The molecular formula is C9H17ClN2. The van der Waals surface area contributed by atoms with Gasteiger partial charge in [-0.05, 0) is 38.4 Å². The predicted octanol–water partition coefficient (Wildman–Crippen LogP) is 1.41. The molecule has 0 radical (unpaired) electrons. The highest BCUT2D eigenvalue weighted by atomic mass is 35.5. The Kier molecular flexibility index (Phi) is 4.06. The highest BCUT2D eigenvalue weighted by molar-refractivity contribution is 6.29. The Morgan fingerprint density at radius 3 is 2.50 bits per heavy atom. The highest BCUT2D eigenvalue weighted by Crippen LogP contribution is 2.16. The van der Waals surface area contributed by atoms with Gasteiger partial charge in [0.05, 0.1) is 0 Å². The van der Waals surface area contributed by atoms with Crippen molar-refractivity contribution in [3.63, 3.8) is 0 Å². The fraction of sp³-hybridized carbons (Fsp3) is 0.778. The van der Waals surface area contributed by atoms with E-state index in [9.17, 15) is 0 Å². The predicted molar refractivity (Wildman–Crippen MR) is 53.2 cm³/mol. The number of rotatable bonds is 3. The molecule has 0 bridgehead atoms. The standard InChI is InChI=1S/C9H17ClN2/c1-8(10)7-12-4-2-9(6-11)3-5-12/h9H,1-7,11H2. The van der Waals surface area contributed by atoms with Crippen molar-refractivity contribution in [2.75, 3.05) is 26.2 Å². The van der Waals surface area contributed by atoms with Gasteiger partial charge >= 0.3 is 0 Å². The summed E-state index contributed by atoms with van der Waals surface area (Å²) in [6.07, 6.45) is 2.42. The lowest BCUT2D eigenvalue weighted by Gasteiger charge is -2.30. The summed E-state index contributed by atoms with van der Waals surface area (Å²) in [5.74, 6) is 0.727. The van der Waals surface area contributed by atoms with E-state index in [2.05, 4.69) is 11.5 Å². The summed E-state index contributed by atoms with van der Waals surface area (Å²) >= 11 is 5.72. The van der Waals surface area contributed by atoms with Gasteiger partial charge in [-0.25, -0.2) is 0 Å². The number of halogens is 1. The molecule has 1 aliphatic rings. The van der Waals surface area contributed by atoms with Crippen molar-refractivity contribution in [2.24, 2.45) is 11.7 Å². The lowest BCUT2D eigenvalue weighted by Crippen LogP contribution is -2.36. The summed E-state index contributed by atoms with van der Waals surface area (Å²) in [6.45, 7) is 7.59. The van der Waals surface area contributed by atoms with Crippen LogP contribution in [0, 0.1) is 5.92 Å². The summed E-state index contributed by atoms with van der Waals surface area (Å²) in [4.78, 5) is 2.33. The maximum Gasteiger partial charge on any atom is 0.0335 e. The molecule has 0 aromatic rings. The van der Waals surface area contributed by atoms with Gasteiger partial charge in [-0.3, -0.25) is 4.90 Å². The Balaban J connectivity index is 2.21. The zero-order chi connectivity index (χ0) is 8.97. The largest absolute Gasteiger partial charge is 0.330 e. The lowest BCUT2D eigenvalue weighted by molar-refractivity contribution is 0.203. The molecule has 1 fully saturated rings. The van der Waals surface area contributed by atoms with Crippen molar-refractivity contribution < 1.29 is 0 Å². The van der Waals surface area contributed by atoms with Crippen LogP contribution in [0.15, 0.2) is 11.6 Å². The molecule has 0 amide bonds. The zero-order valence-corrected chi connectivity index (χ0v) is 8.19. The molecule has 2 N–H and O–H groups in total. The number of likely N-dealkylation sites (tertiary alicyclic amines) is 1. The van der Waals surface area contributed by atoms with Crippen LogP contribution in [-0.4, -0.2) is 31.1 Å². The molecule has 0 saturated carbocycles. The molecule has 0 spiro atoms. The molecule has 3 heteroatoms. The molecule has 0 atom stereocenters. The van der Waals surface area contributed by atoms with E-state index >= 15 is 0 Å².